The number of Topliss-reactive ketones (excluding diaryl/α,β-unsaturated/α-hetero) is 1. The van der Waals surface area contributed by atoms with Crippen LogP contribution in [0, 0.1) is 0 Å². The molecule has 1 amide bonds. The van der Waals surface area contributed by atoms with Crippen LogP contribution in [0.2, 0.25) is 0 Å². The smallest absolute Gasteiger partial charge is 0.409 e. The quantitative estimate of drug-likeness (QED) is 0.365. The van der Waals surface area contributed by atoms with E-state index in [1.807, 2.05) is 27.7 Å². The Balaban J connectivity index is -0.00000134. The molecule has 0 aromatic heterocycles. The summed E-state index contributed by atoms with van der Waals surface area (Å²) < 4.78 is 4.24. The van der Waals surface area contributed by atoms with Gasteiger partial charge in [0.05, 0.1) is 11.2 Å². The molecule has 3 N–H and O–H groups in total. The molecule has 0 saturated heterocycles. The number of alkyl carbamates (subject to hydrolysis) is 1. The van der Waals surface area contributed by atoms with E-state index in [2.05, 4.69) is 5.32 Å². The van der Waals surface area contributed by atoms with Gasteiger partial charge in [0.2, 0.25) is 0 Å². The van der Waals surface area contributed by atoms with Gasteiger partial charge in [0.1, 0.15) is 17.6 Å². The number of amides is 1. The maximum Gasteiger partial charge on any atom is 0.409 e. The fourth-order valence-corrected chi connectivity index (χ4v) is 3.82. The summed E-state index contributed by atoms with van der Waals surface area (Å²) in [7, 11) is 2.45. The number of aliphatic hydroxyl groups excluding tert-OH is 1. The fraction of sp³-hybridized carbons (Fsp3) is 0.833. The molecule has 0 aliphatic heterocycles. The number of carboxylic acids is 1. The number of aliphatic hydroxyl groups is 1. The molecule has 0 aromatic carbocycles. The minimum absolute atomic E-state index is 0.0331. The Hall–Kier alpha value is -0.930. The van der Waals surface area contributed by atoms with E-state index in [0.29, 0.717) is 0 Å². The van der Waals surface area contributed by atoms with Crippen LogP contribution in [0.25, 0.3) is 0 Å². The Morgan fingerprint density at radius 3 is 1.89 bits per heavy atom. The highest BCUT2D eigenvalue weighted by Gasteiger charge is 2.29. The van der Waals surface area contributed by atoms with E-state index in [1.54, 1.807) is 34.6 Å². The zero-order valence-corrected chi connectivity index (χ0v) is 19.7. The Kier molecular flexibility index (Phi) is 18.3. The molecular formula is C18H37NO6S2. The topological polar surface area (TPSA) is 113 Å². The van der Waals surface area contributed by atoms with Crippen LogP contribution in [-0.4, -0.2) is 50.4 Å². The van der Waals surface area contributed by atoms with Gasteiger partial charge in [-0.2, -0.15) is 0 Å². The van der Waals surface area contributed by atoms with Crippen LogP contribution in [-0.2, 0) is 14.3 Å². The normalized spacial score (nSPS) is 11.8. The molecule has 0 saturated carbocycles. The van der Waals surface area contributed by atoms with Gasteiger partial charge >= 0.3 is 12.1 Å². The van der Waals surface area contributed by atoms with Crippen LogP contribution in [0.3, 0.4) is 0 Å². The van der Waals surface area contributed by atoms with Crippen LogP contribution < -0.4 is 5.32 Å². The number of rotatable bonds is 9. The number of hydrogen-bond donors (Lipinski definition) is 3. The van der Waals surface area contributed by atoms with Gasteiger partial charge in [0, 0.05) is 12.2 Å². The first-order valence-electron chi connectivity index (χ1n) is 9.07. The molecule has 7 nitrogen and oxygen atoms in total. The second-order valence-electron chi connectivity index (χ2n) is 6.36. The lowest BCUT2D eigenvalue weighted by atomic mass is 10.0. The molecule has 9 heteroatoms. The maximum absolute atomic E-state index is 11.9. The van der Waals surface area contributed by atoms with E-state index < -0.39 is 28.6 Å². The molecule has 0 fully saturated rings. The minimum atomic E-state index is -1.10. The second kappa shape index (κ2) is 16.1. The number of carbonyl (C=O) groups excluding carboxylic acids is 2. The molecule has 0 rings (SSSR count). The molecule has 0 radical (unpaired) electrons. The molecule has 0 bridgehead atoms. The second-order valence-corrected chi connectivity index (χ2v) is 9.32. The summed E-state index contributed by atoms with van der Waals surface area (Å²) in [6, 6.07) is 0. The van der Waals surface area contributed by atoms with Crippen molar-refractivity contribution in [1.29, 1.82) is 0 Å². The molecule has 1 atom stereocenters. The van der Waals surface area contributed by atoms with Gasteiger partial charge < -0.3 is 14.9 Å². The molecule has 0 aliphatic rings. The summed E-state index contributed by atoms with van der Waals surface area (Å²) in [4.78, 5) is 33.9. The van der Waals surface area contributed by atoms with Crippen molar-refractivity contribution in [3.63, 3.8) is 0 Å². The lowest BCUT2D eigenvalue weighted by Gasteiger charge is -2.23. The lowest BCUT2D eigenvalue weighted by molar-refractivity contribution is -0.138. The summed E-state index contributed by atoms with van der Waals surface area (Å²) >= 11 is 0. The third-order valence-electron chi connectivity index (χ3n) is 2.41. The van der Waals surface area contributed by atoms with Crippen molar-refractivity contribution in [2.24, 2.45) is 0 Å². The van der Waals surface area contributed by atoms with E-state index in [1.165, 1.54) is 21.6 Å². The zero-order valence-electron chi connectivity index (χ0n) is 18.0. The molecule has 0 aromatic rings. The summed E-state index contributed by atoms with van der Waals surface area (Å²) in [5.41, 5.74) is -0.649. The number of nitrogens with one attached hydrogen (secondary N) is 1. The average Bonchev–Trinajstić information content (AvgIpc) is 2.54. The summed E-state index contributed by atoms with van der Waals surface area (Å²) in [5, 5.41) is 20.6. The van der Waals surface area contributed by atoms with Gasteiger partial charge in [-0.15, -0.1) is 0 Å². The van der Waals surface area contributed by atoms with Gasteiger partial charge in [-0.3, -0.25) is 14.9 Å². The third-order valence-corrected chi connectivity index (χ3v) is 5.64. The molecule has 27 heavy (non-hydrogen) atoms. The zero-order chi connectivity index (χ0) is 22.3. The van der Waals surface area contributed by atoms with Gasteiger partial charge in [-0.25, -0.2) is 4.79 Å². The highest BCUT2D eigenvalue weighted by atomic mass is 33.1. The highest BCUT2D eigenvalue weighted by molar-refractivity contribution is 8.77. The Labute approximate surface area is 171 Å². The molecule has 162 valence electrons. The maximum atomic E-state index is 11.9. The monoisotopic (exact) mass is 427 g/mol. The van der Waals surface area contributed by atoms with Gasteiger partial charge in [-0.1, -0.05) is 49.3 Å². The average molecular weight is 428 g/mol. The predicted molar refractivity (Wildman–Crippen MR) is 114 cm³/mol. The first kappa shape index (κ1) is 30.8. The molecule has 0 heterocycles. The van der Waals surface area contributed by atoms with Crippen molar-refractivity contribution in [2.45, 2.75) is 91.7 Å². The summed E-state index contributed by atoms with van der Waals surface area (Å²) in [6.07, 6.45) is -2.05. The lowest BCUT2D eigenvalue weighted by Crippen LogP contribution is -2.40. The predicted octanol–water partition coefficient (Wildman–Crippen LogP) is 4.48. The van der Waals surface area contributed by atoms with Gasteiger partial charge in [0.25, 0.3) is 0 Å². The SMILES string of the molecule is CC.CC.CC(C)(C)OC(=O)NC(O)CSSC(C)(C)C(=O)CCC(=O)O. The highest BCUT2D eigenvalue weighted by Crippen LogP contribution is 2.37. The largest absolute Gasteiger partial charge is 0.481 e. The van der Waals surface area contributed by atoms with Crippen LogP contribution >= 0.6 is 21.6 Å². The van der Waals surface area contributed by atoms with Crippen molar-refractivity contribution < 1.29 is 29.3 Å². The van der Waals surface area contributed by atoms with E-state index >= 15 is 0 Å². The number of ether oxygens (including phenoxy) is 1. The Bertz CT molecular complexity index is 436. The molecule has 1 unspecified atom stereocenters. The van der Waals surface area contributed by atoms with Crippen LogP contribution in [0.5, 0.6) is 0 Å². The van der Waals surface area contributed by atoms with Crippen molar-refractivity contribution in [3.05, 3.63) is 0 Å². The third kappa shape index (κ3) is 19.6. The molecule has 0 spiro atoms. The Morgan fingerprint density at radius 2 is 1.48 bits per heavy atom. The summed E-state index contributed by atoms with van der Waals surface area (Å²) in [6.45, 7) is 16.5. The van der Waals surface area contributed by atoms with Crippen LogP contribution in [0.4, 0.5) is 4.79 Å². The van der Waals surface area contributed by atoms with E-state index in [-0.39, 0.29) is 24.4 Å². The first-order valence-corrected chi connectivity index (χ1v) is 11.4. The van der Waals surface area contributed by atoms with Crippen LogP contribution in [0.1, 0.15) is 75.2 Å². The number of carboxylic acid groups (broad SMARTS) is 1. The van der Waals surface area contributed by atoms with E-state index in [4.69, 9.17) is 9.84 Å². The first-order chi connectivity index (χ1) is 12.3. The minimum Gasteiger partial charge on any atom is -0.481 e. The van der Waals surface area contributed by atoms with Crippen molar-refractivity contribution in [2.75, 3.05) is 5.75 Å². The van der Waals surface area contributed by atoms with Crippen LogP contribution in [0.15, 0.2) is 0 Å². The Morgan fingerprint density at radius 1 is 1.00 bits per heavy atom. The number of carbonyl (C=O) groups is 3. The van der Waals surface area contributed by atoms with Crippen molar-refractivity contribution in [3.8, 4) is 0 Å². The van der Waals surface area contributed by atoms with Gasteiger partial charge in [-0.05, 0) is 34.6 Å². The van der Waals surface area contributed by atoms with E-state index in [0.717, 1.165) is 0 Å². The molecule has 0 aliphatic carbocycles. The van der Waals surface area contributed by atoms with Gasteiger partial charge in [0.15, 0.2) is 0 Å². The number of ketones is 1. The van der Waals surface area contributed by atoms with E-state index in [9.17, 15) is 19.5 Å². The van der Waals surface area contributed by atoms with Crippen molar-refractivity contribution >= 4 is 39.4 Å². The molecular weight excluding hydrogens is 390 g/mol. The number of hydrogen-bond acceptors (Lipinski definition) is 7. The fourth-order valence-electron chi connectivity index (χ4n) is 1.30. The summed E-state index contributed by atoms with van der Waals surface area (Å²) in [5.74, 6) is -1.02. The standard InChI is InChI=1S/C14H25NO6S2.2C2H6/c1-13(2,3)21-12(20)15-10(17)8-22-23-14(4,5)9(16)6-7-11(18)19;2*1-2/h10,17H,6-8H2,1-5H3,(H,15,20)(H,18,19);2*1-2H3. The van der Waals surface area contributed by atoms with Crippen molar-refractivity contribution in [1.82, 2.24) is 5.32 Å². The number of aliphatic carboxylic acids is 1.